The van der Waals surface area contributed by atoms with Crippen LogP contribution in [0.1, 0.15) is 25.7 Å². The number of sulfone groups is 1. The Labute approximate surface area is 107 Å². The number of nitrogens with two attached hydrogens (primary N) is 1. The van der Waals surface area contributed by atoms with Crippen molar-refractivity contribution < 1.29 is 8.42 Å². The summed E-state index contributed by atoms with van der Waals surface area (Å²) < 4.78 is 25.0. The van der Waals surface area contributed by atoms with Gasteiger partial charge in [0, 0.05) is 17.6 Å². The van der Waals surface area contributed by atoms with Crippen molar-refractivity contribution in [3.63, 3.8) is 0 Å². The minimum atomic E-state index is -3.21. The van der Waals surface area contributed by atoms with E-state index in [2.05, 4.69) is 5.32 Å². The maximum absolute atomic E-state index is 12.5. The molecule has 1 saturated carbocycles. The van der Waals surface area contributed by atoms with Crippen molar-refractivity contribution in [2.45, 2.75) is 30.6 Å². The van der Waals surface area contributed by atoms with E-state index < -0.39 is 9.84 Å². The molecule has 1 aliphatic carbocycles. The third-order valence-electron chi connectivity index (χ3n) is 4.15. The summed E-state index contributed by atoms with van der Waals surface area (Å²) in [6.45, 7) is 0.739. The van der Waals surface area contributed by atoms with Gasteiger partial charge >= 0.3 is 0 Å². The van der Waals surface area contributed by atoms with E-state index in [1.807, 2.05) is 0 Å². The maximum atomic E-state index is 12.5. The molecule has 1 aromatic carbocycles. The van der Waals surface area contributed by atoms with E-state index >= 15 is 0 Å². The van der Waals surface area contributed by atoms with Crippen molar-refractivity contribution >= 4 is 21.2 Å². The molecule has 4 nitrogen and oxygen atoms in total. The van der Waals surface area contributed by atoms with Gasteiger partial charge in [-0.3, -0.25) is 0 Å². The molecule has 2 aliphatic rings. The Balaban J connectivity index is 2.08. The first-order valence-electron chi connectivity index (χ1n) is 6.37. The van der Waals surface area contributed by atoms with Crippen molar-refractivity contribution in [1.82, 2.24) is 0 Å². The predicted octanol–water partition coefficient (Wildman–Crippen LogP) is 2.03. The minimum Gasteiger partial charge on any atom is -0.399 e. The first-order valence-corrected chi connectivity index (χ1v) is 8.02. The van der Waals surface area contributed by atoms with Crippen LogP contribution in [0.15, 0.2) is 23.1 Å². The Morgan fingerprint density at radius 1 is 1.22 bits per heavy atom. The summed E-state index contributed by atoms with van der Waals surface area (Å²) in [4.78, 5) is 0.403. The molecule has 0 unspecified atom stereocenters. The molecule has 1 fully saturated rings. The van der Waals surface area contributed by atoms with Crippen LogP contribution in [0, 0.1) is 5.41 Å². The summed E-state index contributed by atoms with van der Waals surface area (Å²) in [6.07, 6.45) is 4.27. The van der Waals surface area contributed by atoms with Gasteiger partial charge in [-0.15, -0.1) is 0 Å². The lowest BCUT2D eigenvalue weighted by Gasteiger charge is -2.26. The SMILES string of the molecule is Nc1ccc2c(c1)NCC1(CCCC1)CS2(=O)=O. The average molecular weight is 266 g/mol. The number of nitrogen functional groups attached to an aromatic ring is 1. The molecule has 0 radical (unpaired) electrons. The van der Waals surface area contributed by atoms with E-state index in [4.69, 9.17) is 5.73 Å². The van der Waals surface area contributed by atoms with Gasteiger partial charge in [-0.2, -0.15) is 0 Å². The van der Waals surface area contributed by atoms with Gasteiger partial charge < -0.3 is 11.1 Å². The Morgan fingerprint density at radius 3 is 2.67 bits per heavy atom. The van der Waals surface area contributed by atoms with Gasteiger partial charge in [0.05, 0.1) is 16.3 Å². The van der Waals surface area contributed by atoms with Crippen molar-refractivity contribution in [3.8, 4) is 0 Å². The molecule has 0 bridgehead atoms. The zero-order chi connectivity index (χ0) is 12.8. The molecule has 1 heterocycles. The number of hydrogen-bond donors (Lipinski definition) is 2. The molecule has 0 atom stereocenters. The molecular formula is C13H18N2O2S. The van der Waals surface area contributed by atoms with E-state index in [0.717, 1.165) is 32.2 Å². The topological polar surface area (TPSA) is 72.2 Å². The smallest absolute Gasteiger partial charge is 0.181 e. The van der Waals surface area contributed by atoms with Crippen LogP contribution in [-0.2, 0) is 9.84 Å². The Morgan fingerprint density at radius 2 is 1.94 bits per heavy atom. The largest absolute Gasteiger partial charge is 0.399 e. The highest BCUT2D eigenvalue weighted by Crippen LogP contribution is 2.43. The second kappa shape index (κ2) is 3.88. The fraction of sp³-hybridized carbons (Fsp3) is 0.538. The highest BCUT2D eigenvalue weighted by Gasteiger charge is 2.41. The van der Waals surface area contributed by atoms with Gasteiger partial charge in [0.1, 0.15) is 0 Å². The van der Waals surface area contributed by atoms with Gasteiger partial charge in [-0.05, 0) is 31.0 Å². The quantitative estimate of drug-likeness (QED) is 0.705. The van der Waals surface area contributed by atoms with Gasteiger partial charge in [-0.25, -0.2) is 8.42 Å². The molecule has 5 heteroatoms. The maximum Gasteiger partial charge on any atom is 0.181 e. The Bertz CT molecular complexity index is 575. The van der Waals surface area contributed by atoms with Crippen molar-refractivity contribution in [2.24, 2.45) is 5.41 Å². The molecular weight excluding hydrogens is 248 g/mol. The standard InChI is InChI=1S/C13H18N2O2S/c14-10-3-4-12-11(7-10)15-8-13(5-1-2-6-13)9-18(12,16)17/h3-4,7,15H,1-2,5-6,8-9,14H2. The lowest BCUT2D eigenvalue weighted by atomic mass is 9.88. The minimum absolute atomic E-state index is 0.0768. The molecule has 98 valence electrons. The van der Waals surface area contributed by atoms with E-state index in [0.29, 0.717) is 16.3 Å². The Hall–Kier alpha value is -1.23. The Kier molecular flexibility index (Phi) is 2.55. The third-order valence-corrected chi connectivity index (χ3v) is 6.17. The summed E-state index contributed by atoms with van der Waals surface area (Å²) in [5, 5.41) is 3.30. The van der Waals surface area contributed by atoms with Gasteiger partial charge in [0.25, 0.3) is 0 Å². The lowest BCUT2D eigenvalue weighted by molar-refractivity contribution is 0.365. The van der Waals surface area contributed by atoms with Gasteiger partial charge in [0.15, 0.2) is 9.84 Å². The number of benzene rings is 1. The van der Waals surface area contributed by atoms with Crippen LogP contribution in [0.25, 0.3) is 0 Å². The fourth-order valence-corrected chi connectivity index (χ4v) is 5.31. The number of anilines is 2. The van der Waals surface area contributed by atoms with Gasteiger partial charge in [-0.1, -0.05) is 12.8 Å². The van der Waals surface area contributed by atoms with Crippen LogP contribution in [-0.4, -0.2) is 20.7 Å². The summed E-state index contributed by atoms with van der Waals surface area (Å²) >= 11 is 0. The second-order valence-corrected chi connectivity index (χ2v) is 7.53. The van der Waals surface area contributed by atoms with Crippen LogP contribution in [0.5, 0.6) is 0 Å². The van der Waals surface area contributed by atoms with Crippen molar-refractivity contribution in [2.75, 3.05) is 23.3 Å². The molecule has 3 N–H and O–H groups in total. The molecule has 0 saturated heterocycles. The van der Waals surface area contributed by atoms with Gasteiger partial charge in [0.2, 0.25) is 0 Å². The monoisotopic (exact) mass is 266 g/mol. The van der Waals surface area contributed by atoms with E-state index in [-0.39, 0.29) is 11.2 Å². The van der Waals surface area contributed by atoms with Crippen molar-refractivity contribution in [3.05, 3.63) is 18.2 Å². The molecule has 3 rings (SSSR count). The van der Waals surface area contributed by atoms with E-state index in [1.54, 1.807) is 18.2 Å². The van der Waals surface area contributed by atoms with E-state index in [1.165, 1.54) is 0 Å². The average Bonchev–Trinajstić information content (AvgIpc) is 2.70. The zero-order valence-electron chi connectivity index (χ0n) is 10.3. The molecule has 0 amide bonds. The normalized spacial score (nSPS) is 24.2. The van der Waals surface area contributed by atoms with Crippen LogP contribution in [0.2, 0.25) is 0 Å². The van der Waals surface area contributed by atoms with Crippen LogP contribution >= 0.6 is 0 Å². The fourth-order valence-electron chi connectivity index (χ4n) is 3.22. The number of nitrogens with one attached hydrogen (secondary N) is 1. The van der Waals surface area contributed by atoms with Crippen LogP contribution in [0.3, 0.4) is 0 Å². The molecule has 1 spiro atoms. The number of fused-ring (bicyclic) bond motifs is 1. The highest BCUT2D eigenvalue weighted by atomic mass is 32.2. The summed E-state index contributed by atoms with van der Waals surface area (Å²) in [7, 11) is -3.21. The molecule has 1 aromatic rings. The second-order valence-electron chi connectivity index (χ2n) is 5.58. The van der Waals surface area contributed by atoms with Crippen LogP contribution < -0.4 is 11.1 Å². The number of hydrogen-bond acceptors (Lipinski definition) is 4. The van der Waals surface area contributed by atoms with Crippen molar-refractivity contribution in [1.29, 1.82) is 0 Å². The summed E-state index contributed by atoms with van der Waals surface area (Å²) in [5.74, 6) is 0.268. The predicted molar refractivity (Wildman–Crippen MR) is 72.3 cm³/mol. The molecule has 0 aromatic heterocycles. The lowest BCUT2D eigenvalue weighted by Crippen LogP contribution is -2.31. The summed E-state index contributed by atoms with van der Waals surface area (Å²) in [6, 6.07) is 5.01. The zero-order valence-corrected chi connectivity index (χ0v) is 11.1. The number of rotatable bonds is 0. The highest BCUT2D eigenvalue weighted by molar-refractivity contribution is 7.91. The summed E-state index contributed by atoms with van der Waals surface area (Å²) in [5.41, 5.74) is 6.92. The third kappa shape index (κ3) is 1.86. The molecule has 18 heavy (non-hydrogen) atoms. The molecule has 1 aliphatic heterocycles. The van der Waals surface area contributed by atoms with E-state index in [9.17, 15) is 8.42 Å². The first-order chi connectivity index (χ1) is 8.51. The van der Waals surface area contributed by atoms with Crippen LogP contribution in [0.4, 0.5) is 11.4 Å². The first kappa shape index (κ1) is 11.8.